The number of rotatable bonds is 7. The van der Waals surface area contributed by atoms with Gasteiger partial charge >= 0.3 is 5.97 Å². The summed E-state index contributed by atoms with van der Waals surface area (Å²) in [4.78, 5) is 13.8. The highest BCUT2D eigenvalue weighted by Gasteiger charge is 2.75. The summed E-state index contributed by atoms with van der Waals surface area (Å²) in [6, 6.07) is 0. The number of aliphatic hydroxyl groups excluding tert-OH is 9. The Morgan fingerprint density at radius 1 is 0.677 bits per heavy atom. The van der Waals surface area contributed by atoms with E-state index in [1.165, 1.54) is 6.92 Å². The zero-order valence-electron chi connectivity index (χ0n) is 38.9. The molecule has 10 N–H and O–H groups in total. The van der Waals surface area contributed by atoms with Gasteiger partial charge in [0, 0.05) is 0 Å². The van der Waals surface area contributed by atoms with E-state index in [0.29, 0.717) is 38.5 Å². The number of fused-ring (bicyclic) bond motifs is 7. The van der Waals surface area contributed by atoms with Crippen molar-refractivity contribution in [2.24, 2.45) is 38.9 Å². The van der Waals surface area contributed by atoms with Crippen molar-refractivity contribution in [3.63, 3.8) is 0 Å². The molecule has 0 radical (unpaired) electrons. The van der Waals surface area contributed by atoms with E-state index in [4.69, 9.17) is 33.2 Å². The van der Waals surface area contributed by atoms with Crippen LogP contribution in [0.1, 0.15) is 113 Å². The number of esters is 1. The van der Waals surface area contributed by atoms with Gasteiger partial charge in [0.1, 0.15) is 72.2 Å². The Morgan fingerprint density at radius 3 is 2.02 bits per heavy atom. The number of hydrogen-bond donors (Lipinski definition) is 10. The maximum absolute atomic E-state index is 13.8. The first-order valence-corrected chi connectivity index (χ1v) is 23.9. The zero-order chi connectivity index (χ0) is 47.4. The second kappa shape index (κ2) is 16.0. The Bertz CT molecular complexity index is 1880. The van der Waals surface area contributed by atoms with Gasteiger partial charge in [-0.05, 0) is 118 Å². The number of carbonyl (C=O) groups is 1. The van der Waals surface area contributed by atoms with E-state index in [2.05, 4.69) is 34.6 Å². The molecule has 4 saturated carbocycles. The molecule has 2 bridgehead atoms. The van der Waals surface area contributed by atoms with Crippen molar-refractivity contribution in [2.45, 2.75) is 223 Å². The molecule has 18 nitrogen and oxygen atoms in total. The molecule has 5 heterocycles. The van der Waals surface area contributed by atoms with Gasteiger partial charge in [-0.1, -0.05) is 40.2 Å². The summed E-state index contributed by atoms with van der Waals surface area (Å²) in [6.07, 6.45) is -17.0. The molecular weight excluding hydrogens is 852 g/mol. The van der Waals surface area contributed by atoms with Gasteiger partial charge in [0.25, 0.3) is 0 Å². The van der Waals surface area contributed by atoms with Gasteiger partial charge in [0.15, 0.2) is 18.9 Å². The van der Waals surface area contributed by atoms with Crippen LogP contribution in [0.15, 0.2) is 11.1 Å². The third-order valence-corrected chi connectivity index (χ3v) is 19.6. The molecule has 10 rings (SSSR count). The maximum Gasteiger partial charge on any atom is 0.316 e. The van der Waals surface area contributed by atoms with Crippen molar-refractivity contribution in [3.8, 4) is 0 Å². The number of hydrogen-bond acceptors (Lipinski definition) is 18. The van der Waals surface area contributed by atoms with E-state index in [9.17, 15) is 55.9 Å². The van der Waals surface area contributed by atoms with Crippen LogP contribution in [0, 0.1) is 38.9 Å². The van der Waals surface area contributed by atoms with Crippen LogP contribution in [0.4, 0.5) is 0 Å². The minimum absolute atomic E-state index is 0.0325. The fourth-order valence-electron chi connectivity index (χ4n) is 15.5. The molecule has 0 amide bonds. The smallest absolute Gasteiger partial charge is 0.316 e. The van der Waals surface area contributed by atoms with Crippen molar-refractivity contribution in [2.75, 3.05) is 13.2 Å². The average Bonchev–Trinajstić information content (AvgIpc) is 3.23. The second-order valence-electron chi connectivity index (χ2n) is 23.1. The van der Waals surface area contributed by atoms with E-state index in [-0.39, 0.29) is 28.6 Å². The summed E-state index contributed by atoms with van der Waals surface area (Å²) in [5.41, 5.74) is -3.20. The summed E-state index contributed by atoms with van der Waals surface area (Å²) in [7, 11) is 0. The lowest BCUT2D eigenvalue weighted by Crippen LogP contribution is -2.72. The van der Waals surface area contributed by atoms with Crippen molar-refractivity contribution in [1.82, 2.24) is 0 Å². The van der Waals surface area contributed by atoms with E-state index in [1.807, 2.05) is 6.92 Å². The van der Waals surface area contributed by atoms with Crippen LogP contribution in [0.25, 0.3) is 0 Å². The number of ether oxygens (including phenoxy) is 7. The second-order valence-corrected chi connectivity index (χ2v) is 23.1. The van der Waals surface area contributed by atoms with Gasteiger partial charge in [-0.15, -0.1) is 0 Å². The Labute approximate surface area is 380 Å². The predicted octanol–water partition coefficient (Wildman–Crippen LogP) is 0.0534. The van der Waals surface area contributed by atoms with Gasteiger partial charge in [-0.3, -0.25) is 4.79 Å². The molecule has 9 fully saturated rings. The molecule has 65 heavy (non-hydrogen) atoms. The fraction of sp³-hybridized carbons (Fsp3) is 0.936. The van der Waals surface area contributed by atoms with Crippen LogP contribution < -0.4 is 0 Å². The van der Waals surface area contributed by atoms with E-state index in [0.717, 1.165) is 30.4 Å². The number of carbonyl (C=O) groups excluding carboxylic acids is 1. The van der Waals surface area contributed by atoms with E-state index in [1.54, 1.807) is 6.92 Å². The fourth-order valence-corrected chi connectivity index (χ4v) is 15.5. The van der Waals surface area contributed by atoms with Gasteiger partial charge in [-0.25, -0.2) is 0 Å². The molecule has 0 aromatic heterocycles. The van der Waals surface area contributed by atoms with Crippen molar-refractivity contribution in [1.29, 1.82) is 0 Å². The highest BCUT2D eigenvalue weighted by Crippen LogP contribution is 2.77. The highest BCUT2D eigenvalue weighted by molar-refractivity contribution is 5.86. The SMILES string of the molecule is CC1OC(OC2C(OC3C(O)C(CO)OC(OC4CCC5(C)C(CCC6(C)C5C(O)CC5=C7C8(CCC(C)(OC8=O)C7(C)O)CCC56C)C4(C)C)C3O)OCC(O)C2O)C(O)C(O)C1O. The standard InChI is InChI=1S/C47H74O18/c1-20-27(51)30(54)31(55)37(60-20)64-34-28(52)23(50)19-59-39(34)63-33-29(53)24(18-48)61-38(32(33)56)62-26-10-11-42(4)25(41(26,2)3)9-12-44(6)36(42)22(49)17-21-35-46(8,58)45(7)14-16-47(35,40(57)65-45)15-13-43(21,44)5/h20,22-34,36-39,48-56,58H,9-19H2,1-8H3. The highest BCUT2D eigenvalue weighted by atomic mass is 16.8. The molecule has 5 aliphatic carbocycles. The van der Waals surface area contributed by atoms with E-state index < -0.39 is 139 Å². The Kier molecular flexibility index (Phi) is 12.0. The summed E-state index contributed by atoms with van der Waals surface area (Å²) in [6.45, 7) is 15.1. The third kappa shape index (κ3) is 6.74. The molecular formula is C47H74O18. The number of aliphatic hydroxyl groups is 10. The summed E-state index contributed by atoms with van der Waals surface area (Å²) < 4.78 is 42.0. The Balaban J connectivity index is 0.949. The Morgan fingerprint density at radius 2 is 1.34 bits per heavy atom. The van der Waals surface area contributed by atoms with Gasteiger partial charge in [0.05, 0.1) is 36.9 Å². The monoisotopic (exact) mass is 926 g/mol. The lowest BCUT2D eigenvalue weighted by Gasteiger charge is -2.73. The van der Waals surface area contributed by atoms with Gasteiger partial charge < -0.3 is 84.2 Å². The lowest BCUT2D eigenvalue weighted by atomic mass is 9.33. The normalized spacial score (nSPS) is 57.4. The average molecular weight is 927 g/mol. The first-order valence-electron chi connectivity index (χ1n) is 23.9. The van der Waals surface area contributed by atoms with Gasteiger partial charge in [0.2, 0.25) is 0 Å². The van der Waals surface area contributed by atoms with Gasteiger partial charge in [-0.2, -0.15) is 0 Å². The molecule has 10 aliphatic rings. The molecule has 0 aromatic carbocycles. The quantitative estimate of drug-likeness (QED) is 0.0918. The third-order valence-electron chi connectivity index (χ3n) is 19.6. The first-order chi connectivity index (χ1) is 30.2. The van der Waals surface area contributed by atoms with Crippen LogP contribution in [0.5, 0.6) is 0 Å². The zero-order valence-corrected chi connectivity index (χ0v) is 38.9. The topological polar surface area (TPSA) is 284 Å². The molecule has 370 valence electrons. The Hall–Kier alpha value is -1.43. The maximum atomic E-state index is 13.8. The predicted molar refractivity (Wildman–Crippen MR) is 224 cm³/mol. The van der Waals surface area contributed by atoms with Crippen molar-refractivity contribution < 1.29 is 89.0 Å². The molecule has 24 atom stereocenters. The van der Waals surface area contributed by atoms with Crippen LogP contribution in [0.3, 0.4) is 0 Å². The molecule has 5 saturated heterocycles. The molecule has 18 heteroatoms. The summed E-state index contributed by atoms with van der Waals surface area (Å²) in [5, 5.41) is 111. The largest absolute Gasteiger partial charge is 0.455 e. The van der Waals surface area contributed by atoms with E-state index >= 15 is 0 Å². The molecule has 1 spiro atoms. The molecule has 5 aliphatic heterocycles. The van der Waals surface area contributed by atoms with Crippen LogP contribution in [-0.4, -0.2) is 180 Å². The molecule has 24 unspecified atom stereocenters. The van der Waals surface area contributed by atoms with Crippen LogP contribution >= 0.6 is 0 Å². The van der Waals surface area contributed by atoms with Crippen molar-refractivity contribution >= 4 is 5.97 Å². The minimum Gasteiger partial charge on any atom is -0.455 e. The van der Waals surface area contributed by atoms with Crippen LogP contribution in [-0.2, 0) is 38.0 Å². The molecule has 0 aromatic rings. The van der Waals surface area contributed by atoms with Crippen LogP contribution in [0.2, 0.25) is 0 Å². The lowest BCUT2D eigenvalue weighted by molar-refractivity contribution is -0.382. The summed E-state index contributed by atoms with van der Waals surface area (Å²) in [5.74, 6) is -0.358. The minimum atomic E-state index is -1.77. The first kappa shape index (κ1) is 48.6. The van der Waals surface area contributed by atoms with Crippen molar-refractivity contribution in [3.05, 3.63) is 11.1 Å². The summed E-state index contributed by atoms with van der Waals surface area (Å²) >= 11 is 0.